The Kier molecular flexibility index (Phi) is 8.13. The monoisotopic (exact) mass is 482 g/mol. The molecule has 2 aromatic carbocycles. The Balaban J connectivity index is 2.09. The summed E-state index contributed by atoms with van der Waals surface area (Å²) in [6.07, 6.45) is 0. The molecule has 0 aliphatic heterocycles. The minimum atomic E-state index is -0.403. The van der Waals surface area contributed by atoms with Crippen LogP contribution in [0, 0.1) is 5.82 Å². The zero-order chi connectivity index (χ0) is 19.3. The van der Waals surface area contributed by atoms with Gasteiger partial charge < -0.3 is 10.4 Å². The number of carbonyl (C=O) groups excluding carboxylic acids is 1. The molecule has 0 radical (unpaired) electrons. The van der Waals surface area contributed by atoms with Gasteiger partial charge in [-0.15, -0.1) is 0 Å². The van der Waals surface area contributed by atoms with E-state index in [1.807, 2.05) is 0 Å². The second kappa shape index (κ2) is 9.88. The summed E-state index contributed by atoms with van der Waals surface area (Å²) in [4.78, 5) is 14.0. The van der Waals surface area contributed by atoms with E-state index in [1.165, 1.54) is 18.2 Å². The number of hydrogen-bond donors (Lipinski definition) is 2. The van der Waals surface area contributed by atoms with E-state index in [4.69, 9.17) is 34.8 Å². The first-order chi connectivity index (χ1) is 12.3. The van der Waals surface area contributed by atoms with Crippen molar-refractivity contribution in [1.29, 1.82) is 0 Å². The van der Waals surface area contributed by atoms with Crippen molar-refractivity contribution in [2.45, 2.75) is 6.54 Å². The van der Waals surface area contributed by atoms with Gasteiger partial charge in [-0.05, 0) is 30.3 Å². The lowest BCUT2D eigenvalue weighted by Gasteiger charge is -2.21. The lowest BCUT2D eigenvalue weighted by molar-refractivity contribution is -0.117. The van der Waals surface area contributed by atoms with E-state index in [0.29, 0.717) is 10.6 Å². The third-order valence-corrected chi connectivity index (χ3v) is 4.76. The van der Waals surface area contributed by atoms with Crippen LogP contribution >= 0.6 is 50.7 Å². The highest BCUT2D eigenvalue weighted by Gasteiger charge is 2.16. The number of benzene rings is 2. The van der Waals surface area contributed by atoms with Crippen LogP contribution in [-0.4, -0.2) is 35.6 Å². The molecular formula is C17H15BrCl3FN2O2. The summed E-state index contributed by atoms with van der Waals surface area (Å²) in [6, 6.07) is 7.49. The molecule has 0 aliphatic carbocycles. The van der Waals surface area contributed by atoms with Crippen LogP contribution in [0.3, 0.4) is 0 Å². The van der Waals surface area contributed by atoms with E-state index in [-0.39, 0.29) is 47.8 Å². The zero-order valence-corrected chi connectivity index (χ0v) is 17.3. The van der Waals surface area contributed by atoms with Crippen molar-refractivity contribution in [3.05, 3.63) is 61.3 Å². The second-order valence-electron chi connectivity index (χ2n) is 5.46. The molecule has 0 atom stereocenters. The molecule has 26 heavy (non-hydrogen) atoms. The summed E-state index contributed by atoms with van der Waals surface area (Å²) in [5, 5.41) is 12.6. The van der Waals surface area contributed by atoms with Crippen molar-refractivity contribution in [3.8, 4) is 0 Å². The van der Waals surface area contributed by atoms with Crippen LogP contribution in [-0.2, 0) is 11.3 Å². The van der Waals surface area contributed by atoms with Crippen LogP contribution in [0.15, 0.2) is 34.8 Å². The summed E-state index contributed by atoms with van der Waals surface area (Å²) in [7, 11) is 0. The van der Waals surface area contributed by atoms with Crippen molar-refractivity contribution in [1.82, 2.24) is 4.90 Å². The minimum absolute atomic E-state index is 0.0816. The fourth-order valence-corrected chi connectivity index (χ4v) is 3.62. The van der Waals surface area contributed by atoms with Gasteiger partial charge in [0.15, 0.2) is 0 Å². The molecule has 140 valence electrons. The molecule has 4 nitrogen and oxygen atoms in total. The number of aliphatic hydroxyl groups excluding tert-OH is 1. The van der Waals surface area contributed by atoms with Crippen molar-refractivity contribution in [2.75, 3.05) is 25.0 Å². The van der Waals surface area contributed by atoms with Gasteiger partial charge in [-0.2, -0.15) is 0 Å². The van der Waals surface area contributed by atoms with E-state index in [0.717, 1.165) is 4.47 Å². The molecule has 0 spiro atoms. The summed E-state index contributed by atoms with van der Waals surface area (Å²) >= 11 is 21.2. The number of hydrogen-bond acceptors (Lipinski definition) is 3. The maximum absolute atomic E-state index is 13.9. The number of carbonyl (C=O) groups is 1. The first-order valence-corrected chi connectivity index (χ1v) is 9.44. The minimum Gasteiger partial charge on any atom is -0.395 e. The van der Waals surface area contributed by atoms with Crippen LogP contribution in [0.1, 0.15) is 5.56 Å². The fraction of sp³-hybridized carbons (Fsp3) is 0.235. The molecule has 2 N–H and O–H groups in total. The van der Waals surface area contributed by atoms with E-state index in [1.54, 1.807) is 17.0 Å². The molecular weight excluding hydrogens is 469 g/mol. The van der Waals surface area contributed by atoms with E-state index < -0.39 is 5.91 Å². The Morgan fingerprint density at radius 3 is 2.46 bits per heavy atom. The predicted octanol–water partition coefficient (Wildman–Crippen LogP) is 4.98. The van der Waals surface area contributed by atoms with E-state index >= 15 is 0 Å². The van der Waals surface area contributed by atoms with Crippen molar-refractivity contribution < 1.29 is 14.3 Å². The lowest BCUT2D eigenvalue weighted by atomic mass is 10.2. The molecule has 0 unspecified atom stereocenters. The Labute approximate surface area is 174 Å². The Morgan fingerprint density at radius 2 is 1.85 bits per heavy atom. The van der Waals surface area contributed by atoms with Crippen LogP contribution in [0.4, 0.5) is 10.1 Å². The summed E-state index contributed by atoms with van der Waals surface area (Å²) in [5.74, 6) is -0.791. The molecule has 0 saturated heterocycles. The Hall–Kier alpha value is -0.890. The topological polar surface area (TPSA) is 52.6 Å². The fourth-order valence-electron chi connectivity index (χ4n) is 2.30. The average Bonchev–Trinajstić information content (AvgIpc) is 2.54. The number of aliphatic hydroxyl groups is 1. The van der Waals surface area contributed by atoms with Gasteiger partial charge in [-0.3, -0.25) is 9.69 Å². The first kappa shape index (κ1) is 21.4. The number of amides is 1. The number of nitrogens with one attached hydrogen (secondary N) is 1. The molecule has 0 fully saturated rings. The van der Waals surface area contributed by atoms with Gasteiger partial charge in [0, 0.05) is 28.1 Å². The SMILES string of the molecule is O=C(CN(CCO)Cc1cc(Br)ccc1F)Nc1c(Cl)cc(Cl)cc1Cl. The van der Waals surface area contributed by atoms with Crippen LogP contribution in [0.25, 0.3) is 0 Å². The number of anilines is 1. The summed E-state index contributed by atoms with van der Waals surface area (Å²) in [6.45, 7) is 0.0932. The zero-order valence-electron chi connectivity index (χ0n) is 13.4. The standard InChI is InChI=1S/C17H15BrCl3FN2O2/c18-11-1-2-15(22)10(5-11)8-24(3-4-25)9-16(26)23-17-13(20)6-12(19)7-14(17)21/h1-2,5-7,25H,3-4,8-9H2,(H,23,26). The predicted molar refractivity (Wildman–Crippen MR) is 107 cm³/mol. The summed E-state index contributed by atoms with van der Waals surface area (Å²) < 4.78 is 14.7. The van der Waals surface area contributed by atoms with Gasteiger partial charge in [0.25, 0.3) is 0 Å². The van der Waals surface area contributed by atoms with Crippen molar-refractivity contribution in [2.24, 2.45) is 0 Å². The van der Waals surface area contributed by atoms with Gasteiger partial charge in [0.05, 0.1) is 28.9 Å². The summed E-state index contributed by atoms with van der Waals surface area (Å²) in [5.41, 5.74) is 0.656. The third kappa shape index (κ3) is 6.08. The molecule has 1 amide bonds. The highest BCUT2D eigenvalue weighted by Crippen LogP contribution is 2.33. The second-order valence-corrected chi connectivity index (χ2v) is 7.63. The van der Waals surface area contributed by atoms with Crippen molar-refractivity contribution in [3.63, 3.8) is 0 Å². The molecule has 0 heterocycles. The van der Waals surface area contributed by atoms with E-state index in [2.05, 4.69) is 21.2 Å². The molecule has 9 heteroatoms. The number of halogens is 5. The van der Waals surface area contributed by atoms with E-state index in [9.17, 15) is 14.3 Å². The molecule has 2 aromatic rings. The number of nitrogens with zero attached hydrogens (tertiary/aromatic N) is 1. The van der Waals surface area contributed by atoms with Crippen LogP contribution in [0.5, 0.6) is 0 Å². The molecule has 0 aromatic heterocycles. The van der Waals surface area contributed by atoms with Crippen molar-refractivity contribution >= 4 is 62.3 Å². The van der Waals surface area contributed by atoms with Gasteiger partial charge >= 0.3 is 0 Å². The average molecular weight is 485 g/mol. The lowest BCUT2D eigenvalue weighted by Crippen LogP contribution is -2.35. The molecule has 2 rings (SSSR count). The molecule has 0 aliphatic rings. The number of rotatable bonds is 7. The Morgan fingerprint density at radius 1 is 1.19 bits per heavy atom. The maximum atomic E-state index is 13.9. The smallest absolute Gasteiger partial charge is 0.238 e. The first-order valence-electron chi connectivity index (χ1n) is 7.51. The maximum Gasteiger partial charge on any atom is 0.238 e. The largest absolute Gasteiger partial charge is 0.395 e. The van der Waals surface area contributed by atoms with Gasteiger partial charge in [-0.25, -0.2) is 4.39 Å². The van der Waals surface area contributed by atoms with Crippen LogP contribution < -0.4 is 5.32 Å². The highest BCUT2D eigenvalue weighted by molar-refractivity contribution is 9.10. The Bertz CT molecular complexity index is 785. The van der Waals surface area contributed by atoms with Crippen LogP contribution in [0.2, 0.25) is 15.1 Å². The highest BCUT2D eigenvalue weighted by atomic mass is 79.9. The van der Waals surface area contributed by atoms with Gasteiger partial charge in [-0.1, -0.05) is 50.7 Å². The normalized spacial score (nSPS) is 11.0. The molecule has 0 bridgehead atoms. The quantitative estimate of drug-likeness (QED) is 0.583. The van der Waals surface area contributed by atoms with Gasteiger partial charge in [0.2, 0.25) is 5.91 Å². The third-order valence-electron chi connectivity index (χ3n) is 3.46. The van der Waals surface area contributed by atoms with Gasteiger partial charge in [0.1, 0.15) is 5.82 Å². The molecule has 0 saturated carbocycles.